The maximum absolute atomic E-state index is 12.5. The molecule has 6 heteroatoms. The molecule has 1 N–H and O–H groups in total. The molecule has 0 bridgehead atoms. The normalized spacial score (nSPS) is 20.5. The van der Waals surface area contributed by atoms with E-state index in [0.717, 1.165) is 18.4 Å². The van der Waals surface area contributed by atoms with E-state index >= 15 is 0 Å². The lowest BCUT2D eigenvalue weighted by Gasteiger charge is -2.36. The van der Waals surface area contributed by atoms with E-state index in [0.29, 0.717) is 18.7 Å². The van der Waals surface area contributed by atoms with Gasteiger partial charge in [0.15, 0.2) is 0 Å². The Kier molecular flexibility index (Phi) is 4.55. The molecule has 0 unspecified atom stereocenters. The van der Waals surface area contributed by atoms with E-state index in [1.165, 1.54) is 0 Å². The van der Waals surface area contributed by atoms with Crippen LogP contribution in [0.25, 0.3) is 0 Å². The van der Waals surface area contributed by atoms with Gasteiger partial charge in [0.2, 0.25) is 11.8 Å². The Balaban J connectivity index is 1.66. The molecule has 2 aliphatic heterocycles. The first-order chi connectivity index (χ1) is 11.5. The number of amides is 3. The molecular formula is C18H23N3O3. The van der Waals surface area contributed by atoms with Crippen molar-refractivity contribution in [3.8, 4) is 0 Å². The Morgan fingerprint density at radius 1 is 1.25 bits per heavy atom. The summed E-state index contributed by atoms with van der Waals surface area (Å²) in [5.74, 6) is -0.0406. The Labute approximate surface area is 141 Å². The average Bonchev–Trinajstić information content (AvgIpc) is 3.03. The quantitative estimate of drug-likeness (QED) is 0.901. The SMILES string of the molecule is CC(C)NC(=O)c1ccc(CN2CC(=O)N3CCC[C@@H]3C2=O)cc1. The largest absolute Gasteiger partial charge is 0.350 e. The maximum Gasteiger partial charge on any atom is 0.251 e. The zero-order valence-corrected chi connectivity index (χ0v) is 14.1. The second-order valence-electron chi connectivity index (χ2n) is 6.76. The third-order valence-corrected chi connectivity index (χ3v) is 4.51. The maximum atomic E-state index is 12.5. The predicted octanol–water partition coefficient (Wildman–Crippen LogP) is 1.16. The van der Waals surface area contributed by atoms with Crippen molar-refractivity contribution in [2.45, 2.75) is 45.3 Å². The van der Waals surface area contributed by atoms with Gasteiger partial charge < -0.3 is 15.1 Å². The Hall–Kier alpha value is -2.37. The molecule has 6 nitrogen and oxygen atoms in total. The Morgan fingerprint density at radius 3 is 2.62 bits per heavy atom. The third kappa shape index (κ3) is 3.27. The summed E-state index contributed by atoms with van der Waals surface area (Å²) < 4.78 is 0. The number of hydrogen-bond donors (Lipinski definition) is 1. The summed E-state index contributed by atoms with van der Waals surface area (Å²) >= 11 is 0. The van der Waals surface area contributed by atoms with Gasteiger partial charge in [0.05, 0.1) is 0 Å². The van der Waals surface area contributed by atoms with Crippen LogP contribution in [0.4, 0.5) is 0 Å². The topological polar surface area (TPSA) is 69.7 Å². The Morgan fingerprint density at radius 2 is 1.96 bits per heavy atom. The van der Waals surface area contributed by atoms with Crippen LogP contribution in [0.5, 0.6) is 0 Å². The van der Waals surface area contributed by atoms with Crippen molar-refractivity contribution in [3.63, 3.8) is 0 Å². The van der Waals surface area contributed by atoms with Crippen molar-refractivity contribution >= 4 is 17.7 Å². The fraction of sp³-hybridized carbons (Fsp3) is 0.500. The van der Waals surface area contributed by atoms with Gasteiger partial charge >= 0.3 is 0 Å². The van der Waals surface area contributed by atoms with E-state index in [1.807, 2.05) is 26.0 Å². The average molecular weight is 329 g/mol. The molecule has 24 heavy (non-hydrogen) atoms. The van der Waals surface area contributed by atoms with Gasteiger partial charge in [-0.3, -0.25) is 14.4 Å². The summed E-state index contributed by atoms with van der Waals surface area (Å²) in [6.45, 7) is 5.07. The first kappa shape index (κ1) is 16.5. The minimum Gasteiger partial charge on any atom is -0.350 e. The second kappa shape index (κ2) is 6.63. The van der Waals surface area contributed by atoms with Crippen molar-refractivity contribution in [1.29, 1.82) is 0 Å². The van der Waals surface area contributed by atoms with Crippen molar-refractivity contribution in [1.82, 2.24) is 15.1 Å². The lowest BCUT2D eigenvalue weighted by atomic mass is 10.1. The van der Waals surface area contributed by atoms with Crippen LogP contribution in [0.1, 0.15) is 42.6 Å². The standard InChI is InChI=1S/C18H23N3O3/c1-12(2)19-17(23)14-7-5-13(6-8-14)10-20-11-16(22)21-9-3-4-15(21)18(20)24/h5-8,12,15H,3-4,9-11H2,1-2H3,(H,19,23)/t15-/m1/s1. The molecule has 2 heterocycles. The minimum absolute atomic E-state index is 0.0324. The zero-order valence-electron chi connectivity index (χ0n) is 14.1. The number of nitrogens with one attached hydrogen (secondary N) is 1. The second-order valence-corrected chi connectivity index (χ2v) is 6.76. The van der Waals surface area contributed by atoms with Crippen LogP contribution in [0.2, 0.25) is 0 Å². The number of nitrogens with zero attached hydrogens (tertiary/aromatic N) is 2. The fourth-order valence-corrected chi connectivity index (χ4v) is 3.33. The monoisotopic (exact) mass is 329 g/mol. The molecule has 1 atom stereocenters. The number of rotatable bonds is 4. The molecule has 0 aromatic heterocycles. The summed E-state index contributed by atoms with van der Waals surface area (Å²) in [6, 6.07) is 7.00. The van der Waals surface area contributed by atoms with E-state index in [9.17, 15) is 14.4 Å². The minimum atomic E-state index is -0.276. The van der Waals surface area contributed by atoms with Crippen LogP contribution in [0.15, 0.2) is 24.3 Å². The van der Waals surface area contributed by atoms with Gasteiger partial charge in [-0.2, -0.15) is 0 Å². The fourth-order valence-electron chi connectivity index (χ4n) is 3.33. The van der Waals surface area contributed by atoms with Crippen molar-refractivity contribution in [2.24, 2.45) is 0 Å². The van der Waals surface area contributed by atoms with Gasteiger partial charge in [0.1, 0.15) is 12.6 Å². The highest BCUT2D eigenvalue weighted by atomic mass is 16.2. The zero-order chi connectivity index (χ0) is 17.3. The molecule has 2 aliphatic rings. The molecule has 0 saturated carbocycles. The lowest BCUT2D eigenvalue weighted by Crippen LogP contribution is -2.56. The van der Waals surface area contributed by atoms with Crippen molar-refractivity contribution in [3.05, 3.63) is 35.4 Å². The molecule has 3 amide bonds. The van der Waals surface area contributed by atoms with Crippen molar-refractivity contribution in [2.75, 3.05) is 13.1 Å². The molecule has 0 aliphatic carbocycles. The van der Waals surface area contributed by atoms with Crippen LogP contribution in [0.3, 0.4) is 0 Å². The summed E-state index contributed by atoms with van der Waals surface area (Å²) in [4.78, 5) is 39.9. The highest BCUT2D eigenvalue weighted by Gasteiger charge is 2.41. The molecule has 128 valence electrons. The summed E-state index contributed by atoms with van der Waals surface area (Å²) in [6.07, 6.45) is 1.66. The summed E-state index contributed by atoms with van der Waals surface area (Å²) in [7, 11) is 0. The van der Waals surface area contributed by atoms with Crippen LogP contribution in [0, 0.1) is 0 Å². The van der Waals surface area contributed by atoms with Gasteiger partial charge in [-0.15, -0.1) is 0 Å². The van der Waals surface area contributed by atoms with Gasteiger partial charge in [0.25, 0.3) is 5.91 Å². The van der Waals surface area contributed by atoms with Crippen molar-refractivity contribution < 1.29 is 14.4 Å². The number of fused-ring (bicyclic) bond motifs is 1. The highest BCUT2D eigenvalue weighted by molar-refractivity contribution is 5.95. The molecule has 2 saturated heterocycles. The van der Waals surface area contributed by atoms with E-state index in [-0.39, 0.29) is 36.3 Å². The van der Waals surface area contributed by atoms with E-state index in [2.05, 4.69) is 5.32 Å². The molecule has 1 aromatic rings. The van der Waals surface area contributed by atoms with Crippen LogP contribution in [-0.2, 0) is 16.1 Å². The summed E-state index contributed by atoms with van der Waals surface area (Å²) in [5, 5.41) is 2.84. The smallest absolute Gasteiger partial charge is 0.251 e. The van der Waals surface area contributed by atoms with Crippen LogP contribution in [-0.4, -0.2) is 52.7 Å². The van der Waals surface area contributed by atoms with E-state index < -0.39 is 0 Å². The third-order valence-electron chi connectivity index (χ3n) is 4.51. The first-order valence-corrected chi connectivity index (χ1v) is 8.44. The van der Waals surface area contributed by atoms with E-state index in [1.54, 1.807) is 21.9 Å². The number of carbonyl (C=O) groups is 3. The van der Waals surface area contributed by atoms with E-state index in [4.69, 9.17) is 0 Å². The number of piperazine rings is 1. The number of benzene rings is 1. The molecule has 0 spiro atoms. The molecule has 0 radical (unpaired) electrons. The van der Waals surface area contributed by atoms with Crippen LogP contribution >= 0.6 is 0 Å². The van der Waals surface area contributed by atoms with Crippen LogP contribution < -0.4 is 5.32 Å². The number of carbonyl (C=O) groups excluding carboxylic acids is 3. The predicted molar refractivity (Wildman–Crippen MR) is 89.2 cm³/mol. The first-order valence-electron chi connectivity index (χ1n) is 8.44. The summed E-state index contributed by atoms with van der Waals surface area (Å²) in [5.41, 5.74) is 1.51. The number of hydrogen-bond acceptors (Lipinski definition) is 3. The highest BCUT2D eigenvalue weighted by Crippen LogP contribution is 2.24. The molecule has 3 rings (SSSR count). The van der Waals surface area contributed by atoms with Gasteiger partial charge in [-0.1, -0.05) is 12.1 Å². The molecule has 2 fully saturated rings. The van der Waals surface area contributed by atoms with Gasteiger partial charge in [0, 0.05) is 24.7 Å². The molecule has 1 aromatic carbocycles. The lowest BCUT2D eigenvalue weighted by molar-refractivity contribution is -0.154. The molecular weight excluding hydrogens is 306 g/mol. The Bertz CT molecular complexity index is 654. The van der Waals surface area contributed by atoms with Gasteiger partial charge in [-0.25, -0.2) is 0 Å². The van der Waals surface area contributed by atoms with Gasteiger partial charge in [-0.05, 0) is 44.4 Å².